The van der Waals surface area contributed by atoms with Gasteiger partial charge in [0.15, 0.2) is 0 Å². The smallest absolute Gasteiger partial charge is 0.234 e. The summed E-state index contributed by atoms with van der Waals surface area (Å²) < 4.78 is 0. The average Bonchev–Trinajstić information content (AvgIpc) is 2.91. The molecule has 1 fully saturated rings. The van der Waals surface area contributed by atoms with Gasteiger partial charge in [-0.1, -0.05) is 13.8 Å². The molecule has 0 unspecified atom stereocenters. The van der Waals surface area contributed by atoms with Crippen molar-refractivity contribution in [2.75, 3.05) is 13.1 Å². The second-order valence-electron chi connectivity index (χ2n) is 6.68. The predicted octanol–water partition coefficient (Wildman–Crippen LogP) is 2.41. The van der Waals surface area contributed by atoms with Crippen LogP contribution in [0, 0.1) is 5.92 Å². The standard InChI is InChI=1S/C14H28N2O/c1-11(2)8-9-16(12-6-7-12)10-13(17)15-14(3,4)5/h11-12H,6-10H2,1-5H3,(H,15,17). The summed E-state index contributed by atoms with van der Waals surface area (Å²) in [5, 5.41) is 3.04. The molecule has 3 nitrogen and oxygen atoms in total. The zero-order valence-corrected chi connectivity index (χ0v) is 12.0. The van der Waals surface area contributed by atoms with E-state index in [0.29, 0.717) is 18.5 Å². The van der Waals surface area contributed by atoms with E-state index < -0.39 is 0 Å². The Kier molecular flexibility index (Phi) is 4.99. The maximum Gasteiger partial charge on any atom is 0.234 e. The third kappa shape index (κ3) is 6.67. The van der Waals surface area contributed by atoms with Crippen LogP contribution in [0.15, 0.2) is 0 Å². The van der Waals surface area contributed by atoms with Crippen molar-refractivity contribution in [2.24, 2.45) is 5.92 Å². The Balaban J connectivity index is 2.36. The molecule has 1 rings (SSSR count). The van der Waals surface area contributed by atoms with Crippen LogP contribution in [0.4, 0.5) is 0 Å². The number of carbonyl (C=O) groups is 1. The normalized spacial score (nSPS) is 16.6. The molecule has 1 aliphatic carbocycles. The van der Waals surface area contributed by atoms with Crippen LogP contribution in [0.5, 0.6) is 0 Å². The first-order valence-corrected chi connectivity index (χ1v) is 6.83. The van der Waals surface area contributed by atoms with Gasteiger partial charge in [0, 0.05) is 11.6 Å². The molecule has 0 aromatic heterocycles. The van der Waals surface area contributed by atoms with Gasteiger partial charge in [0.2, 0.25) is 5.91 Å². The van der Waals surface area contributed by atoms with E-state index in [1.807, 2.05) is 20.8 Å². The Morgan fingerprint density at radius 2 is 1.94 bits per heavy atom. The molecule has 0 spiro atoms. The first-order chi connectivity index (χ1) is 7.78. The molecule has 100 valence electrons. The van der Waals surface area contributed by atoms with Gasteiger partial charge < -0.3 is 5.32 Å². The van der Waals surface area contributed by atoms with Gasteiger partial charge >= 0.3 is 0 Å². The molecule has 17 heavy (non-hydrogen) atoms. The van der Waals surface area contributed by atoms with Crippen molar-refractivity contribution in [3.8, 4) is 0 Å². The number of amides is 1. The summed E-state index contributed by atoms with van der Waals surface area (Å²) in [6.45, 7) is 12.2. The van der Waals surface area contributed by atoms with Crippen molar-refractivity contribution in [2.45, 2.75) is 65.5 Å². The van der Waals surface area contributed by atoms with Crippen LogP contribution in [-0.4, -0.2) is 35.5 Å². The Morgan fingerprint density at radius 1 is 1.35 bits per heavy atom. The molecule has 0 aromatic carbocycles. The Hall–Kier alpha value is -0.570. The molecule has 0 aromatic rings. The van der Waals surface area contributed by atoms with E-state index in [1.54, 1.807) is 0 Å². The van der Waals surface area contributed by atoms with Crippen LogP contribution in [0.1, 0.15) is 53.9 Å². The lowest BCUT2D eigenvalue weighted by atomic mass is 10.1. The highest BCUT2D eigenvalue weighted by molar-refractivity contribution is 5.78. The SMILES string of the molecule is CC(C)CCN(CC(=O)NC(C)(C)C)C1CC1. The first-order valence-electron chi connectivity index (χ1n) is 6.83. The van der Waals surface area contributed by atoms with Gasteiger partial charge in [-0.05, 0) is 52.5 Å². The highest BCUT2D eigenvalue weighted by Crippen LogP contribution is 2.27. The molecule has 0 bridgehead atoms. The molecule has 0 radical (unpaired) electrons. The Morgan fingerprint density at radius 3 is 2.35 bits per heavy atom. The third-order valence-electron chi connectivity index (χ3n) is 2.92. The molecule has 1 amide bonds. The number of hydrogen-bond acceptors (Lipinski definition) is 2. The van der Waals surface area contributed by atoms with Crippen molar-refractivity contribution in [3.63, 3.8) is 0 Å². The molecule has 1 aliphatic rings. The fourth-order valence-electron chi connectivity index (χ4n) is 1.90. The number of carbonyl (C=O) groups excluding carboxylic acids is 1. The zero-order valence-electron chi connectivity index (χ0n) is 12.0. The van der Waals surface area contributed by atoms with E-state index in [2.05, 4.69) is 24.1 Å². The molecule has 3 heteroatoms. The van der Waals surface area contributed by atoms with Gasteiger partial charge in [0.1, 0.15) is 0 Å². The van der Waals surface area contributed by atoms with Crippen molar-refractivity contribution < 1.29 is 4.79 Å². The van der Waals surface area contributed by atoms with Crippen LogP contribution < -0.4 is 5.32 Å². The molecule has 1 saturated carbocycles. The van der Waals surface area contributed by atoms with Gasteiger partial charge in [0.05, 0.1) is 6.54 Å². The van der Waals surface area contributed by atoms with Crippen molar-refractivity contribution >= 4 is 5.91 Å². The lowest BCUT2D eigenvalue weighted by Crippen LogP contribution is -2.46. The van der Waals surface area contributed by atoms with E-state index in [1.165, 1.54) is 19.3 Å². The molecular weight excluding hydrogens is 212 g/mol. The zero-order chi connectivity index (χ0) is 13.1. The number of nitrogens with zero attached hydrogens (tertiary/aromatic N) is 1. The minimum absolute atomic E-state index is 0.121. The second-order valence-corrected chi connectivity index (χ2v) is 6.68. The predicted molar refractivity (Wildman–Crippen MR) is 71.9 cm³/mol. The van der Waals surface area contributed by atoms with Crippen molar-refractivity contribution in [1.82, 2.24) is 10.2 Å². The molecule has 0 saturated heterocycles. The van der Waals surface area contributed by atoms with Crippen LogP contribution in [0.25, 0.3) is 0 Å². The fraction of sp³-hybridized carbons (Fsp3) is 0.929. The van der Waals surface area contributed by atoms with Crippen LogP contribution in [0.2, 0.25) is 0 Å². The maximum absolute atomic E-state index is 11.9. The molecule has 0 heterocycles. The summed E-state index contributed by atoms with van der Waals surface area (Å²) in [7, 11) is 0. The molecule has 0 atom stereocenters. The van der Waals surface area contributed by atoms with E-state index >= 15 is 0 Å². The summed E-state index contributed by atoms with van der Waals surface area (Å²) >= 11 is 0. The lowest BCUT2D eigenvalue weighted by molar-refractivity contribution is -0.123. The molecule has 1 N–H and O–H groups in total. The van der Waals surface area contributed by atoms with E-state index in [4.69, 9.17) is 0 Å². The summed E-state index contributed by atoms with van der Waals surface area (Å²) in [5.41, 5.74) is -0.121. The Labute approximate surface area is 106 Å². The minimum Gasteiger partial charge on any atom is -0.350 e. The quantitative estimate of drug-likeness (QED) is 0.773. The van der Waals surface area contributed by atoms with E-state index in [-0.39, 0.29) is 11.4 Å². The van der Waals surface area contributed by atoms with Crippen molar-refractivity contribution in [3.05, 3.63) is 0 Å². The molecular formula is C14H28N2O. The lowest BCUT2D eigenvalue weighted by Gasteiger charge is -2.26. The summed E-state index contributed by atoms with van der Waals surface area (Å²) in [6.07, 6.45) is 3.71. The van der Waals surface area contributed by atoms with E-state index in [9.17, 15) is 4.79 Å². The number of rotatable bonds is 6. The first kappa shape index (κ1) is 14.5. The average molecular weight is 240 g/mol. The highest BCUT2D eigenvalue weighted by Gasteiger charge is 2.30. The summed E-state index contributed by atoms with van der Waals surface area (Å²) in [4.78, 5) is 14.2. The van der Waals surface area contributed by atoms with Crippen LogP contribution >= 0.6 is 0 Å². The minimum atomic E-state index is -0.121. The van der Waals surface area contributed by atoms with Crippen LogP contribution in [-0.2, 0) is 4.79 Å². The summed E-state index contributed by atoms with van der Waals surface area (Å²) in [6, 6.07) is 0.666. The fourth-order valence-corrected chi connectivity index (χ4v) is 1.90. The van der Waals surface area contributed by atoms with Gasteiger partial charge in [-0.3, -0.25) is 9.69 Å². The maximum atomic E-state index is 11.9. The van der Waals surface area contributed by atoms with Gasteiger partial charge in [-0.2, -0.15) is 0 Å². The second kappa shape index (κ2) is 5.85. The number of hydrogen-bond donors (Lipinski definition) is 1. The van der Waals surface area contributed by atoms with Gasteiger partial charge in [0.25, 0.3) is 0 Å². The van der Waals surface area contributed by atoms with E-state index in [0.717, 1.165) is 6.54 Å². The largest absolute Gasteiger partial charge is 0.350 e. The topological polar surface area (TPSA) is 32.3 Å². The third-order valence-corrected chi connectivity index (χ3v) is 2.92. The summed E-state index contributed by atoms with van der Waals surface area (Å²) in [5.74, 6) is 0.870. The Bertz CT molecular complexity index is 251. The monoisotopic (exact) mass is 240 g/mol. The van der Waals surface area contributed by atoms with Gasteiger partial charge in [-0.15, -0.1) is 0 Å². The highest BCUT2D eigenvalue weighted by atomic mass is 16.2. The molecule has 0 aliphatic heterocycles. The number of nitrogens with one attached hydrogen (secondary N) is 1. The van der Waals surface area contributed by atoms with Gasteiger partial charge in [-0.25, -0.2) is 0 Å². The van der Waals surface area contributed by atoms with Crippen molar-refractivity contribution in [1.29, 1.82) is 0 Å². The van der Waals surface area contributed by atoms with Crippen LogP contribution in [0.3, 0.4) is 0 Å².